The van der Waals surface area contributed by atoms with Crippen molar-refractivity contribution in [1.29, 1.82) is 0 Å². The highest BCUT2D eigenvalue weighted by Gasteiger charge is 2.09. The molecule has 2 heterocycles. The summed E-state index contributed by atoms with van der Waals surface area (Å²) >= 11 is 6.14. The number of aromatic nitrogens is 4. The van der Waals surface area contributed by atoms with Crippen LogP contribution in [-0.4, -0.2) is 26.3 Å². The predicted molar refractivity (Wildman–Crippen MR) is 85.7 cm³/mol. The number of nitrogens with one attached hydrogen (secondary N) is 2. The van der Waals surface area contributed by atoms with E-state index in [2.05, 4.69) is 39.5 Å². The lowest BCUT2D eigenvalue weighted by Gasteiger charge is -2.09. The molecule has 2 N–H and O–H groups in total. The lowest BCUT2D eigenvalue weighted by Crippen LogP contribution is -2.08. The molecule has 0 aliphatic carbocycles. The number of hydrogen-bond donors (Lipinski definition) is 2. The average molecular weight is 309 g/mol. The fraction of sp³-hybridized carbons (Fsp3) is 0.500. The maximum absolute atomic E-state index is 6.14. The fourth-order valence-corrected chi connectivity index (χ4v) is 2.18. The van der Waals surface area contributed by atoms with E-state index < -0.39 is 0 Å². The number of aryl methyl sites for hydroxylation is 2. The normalized spacial score (nSPS) is 10.7. The van der Waals surface area contributed by atoms with Crippen LogP contribution in [0.1, 0.15) is 31.5 Å². The first-order chi connectivity index (χ1) is 10.1. The molecule has 0 fully saturated rings. The van der Waals surface area contributed by atoms with Crippen LogP contribution in [-0.2, 0) is 20.0 Å². The van der Waals surface area contributed by atoms with Crippen LogP contribution in [0.15, 0.2) is 12.4 Å². The van der Waals surface area contributed by atoms with Gasteiger partial charge in [0.2, 0.25) is 5.95 Å². The number of rotatable bonds is 7. The molecule has 2 aromatic rings. The standard InChI is InChI=1S/C14H21ClN6/c1-4-6-16-14-18-8-11(15)13(19-14)17-7-10-9-21(3)20-12(10)5-2/h8-9H,4-7H2,1-3H3,(H2,16,17,18,19). The van der Waals surface area contributed by atoms with E-state index in [0.29, 0.717) is 23.3 Å². The van der Waals surface area contributed by atoms with E-state index in [1.165, 1.54) is 0 Å². The van der Waals surface area contributed by atoms with Crippen molar-refractivity contribution >= 4 is 23.4 Å². The summed E-state index contributed by atoms with van der Waals surface area (Å²) in [7, 11) is 1.92. The highest BCUT2D eigenvalue weighted by Crippen LogP contribution is 2.20. The van der Waals surface area contributed by atoms with Gasteiger partial charge in [-0.1, -0.05) is 25.4 Å². The summed E-state index contributed by atoms with van der Waals surface area (Å²) in [6.07, 6.45) is 5.54. The van der Waals surface area contributed by atoms with Crippen LogP contribution < -0.4 is 10.6 Å². The SMILES string of the molecule is CCCNc1ncc(Cl)c(NCc2cn(C)nc2CC)n1. The van der Waals surface area contributed by atoms with Gasteiger partial charge < -0.3 is 10.6 Å². The molecule has 0 saturated heterocycles. The minimum Gasteiger partial charge on any atom is -0.364 e. The third-order valence-electron chi connectivity index (χ3n) is 3.05. The van der Waals surface area contributed by atoms with Crippen LogP contribution in [0, 0.1) is 0 Å². The van der Waals surface area contributed by atoms with Crippen molar-refractivity contribution in [1.82, 2.24) is 19.7 Å². The molecule has 7 heteroatoms. The largest absolute Gasteiger partial charge is 0.364 e. The van der Waals surface area contributed by atoms with E-state index in [0.717, 1.165) is 30.6 Å². The first-order valence-corrected chi connectivity index (χ1v) is 7.53. The molecule has 114 valence electrons. The van der Waals surface area contributed by atoms with Crippen molar-refractivity contribution in [3.05, 3.63) is 28.7 Å². The van der Waals surface area contributed by atoms with E-state index in [1.54, 1.807) is 6.20 Å². The molecule has 0 aromatic carbocycles. The van der Waals surface area contributed by atoms with Crippen LogP contribution in [0.3, 0.4) is 0 Å². The highest BCUT2D eigenvalue weighted by atomic mass is 35.5. The summed E-state index contributed by atoms with van der Waals surface area (Å²) in [5, 5.41) is 11.3. The second kappa shape index (κ2) is 7.26. The highest BCUT2D eigenvalue weighted by molar-refractivity contribution is 6.32. The molecule has 2 aromatic heterocycles. The van der Waals surface area contributed by atoms with Gasteiger partial charge in [0.15, 0.2) is 5.82 Å². The Morgan fingerprint density at radius 1 is 1.29 bits per heavy atom. The maximum atomic E-state index is 6.14. The average Bonchev–Trinajstić information content (AvgIpc) is 2.85. The van der Waals surface area contributed by atoms with Crippen molar-refractivity contribution in [2.45, 2.75) is 33.2 Å². The number of hydrogen-bond acceptors (Lipinski definition) is 5. The Bertz CT molecular complexity index is 595. The lowest BCUT2D eigenvalue weighted by atomic mass is 10.2. The van der Waals surface area contributed by atoms with Crippen molar-refractivity contribution in [2.24, 2.45) is 7.05 Å². The van der Waals surface area contributed by atoms with Crippen molar-refractivity contribution in [3.8, 4) is 0 Å². The quantitative estimate of drug-likeness (QED) is 0.823. The minimum atomic E-state index is 0.513. The van der Waals surface area contributed by atoms with Gasteiger partial charge in [0.1, 0.15) is 5.02 Å². The van der Waals surface area contributed by atoms with Crippen molar-refractivity contribution in [3.63, 3.8) is 0 Å². The molecule has 0 saturated carbocycles. The van der Waals surface area contributed by atoms with Gasteiger partial charge in [0.05, 0.1) is 11.9 Å². The molecule has 0 spiro atoms. The van der Waals surface area contributed by atoms with E-state index in [9.17, 15) is 0 Å². The zero-order valence-corrected chi connectivity index (χ0v) is 13.4. The molecule has 0 radical (unpaired) electrons. The molecule has 0 bridgehead atoms. The fourth-order valence-electron chi connectivity index (χ4n) is 2.02. The van der Waals surface area contributed by atoms with Crippen LogP contribution in [0.5, 0.6) is 0 Å². The summed E-state index contributed by atoms with van der Waals surface area (Å²) in [6.45, 7) is 5.66. The zero-order valence-electron chi connectivity index (χ0n) is 12.6. The van der Waals surface area contributed by atoms with Gasteiger partial charge in [-0.15, -0.1) is 0 Å². The summed E-state index contributed by atoms with van der Waals surface area (Å²) < 4.78 is 1.83. The van der Waals surface area contributed by atoms with Crippen LogP contribution in [0.2, 0.25) is 5.02 Å². The second-order valence-electron chi connectivity index (χ2n) is 4.80. The molecule has 6 nitrogen and oxygen atoms in total. The zero-order chi connectivity index (χ0) is 15.2. The Morgan fingerprint density at radius 2 is 2.10 bits per heavy atom. The van der Waals surface area contributed by atoms with Gasteiger partial charge in [0, 0.05) is 31.9 Å². The Kier molecular flexibility index (Phi) is 5.38. The predicted octanol–water partition coefficient (Wildman–Crippen LogP) is 2.86. The van der Waals surface area contributed by atoms with Gasteiger partial charge in [-0.25, -0.2) is 4.98 Å². The van der Waals surface area contributed by atoms with E-state index in [-0.39, 0.29) is 0 Å². The molecular formula is C14H21ClN6. The molecule has 0 atom stereocenters. The minimum absolute atomic E-state index is 0.513. The van der Waals surface area contributed by atoms with Gasteiger partial charge in [-0.2, -0.15) is 10.1 Å². The summed E-state index contributed by atoms with van der Waals surface area (Å²) in [4.78, 5) is 8.55. The molecule has 0 unspecified atom stereocenters. The lowest BCUT2D eigenvalue weighted by molar-refractivity contribution is 0.746. The Balaban J connectivity index is 2.08. The van der Waals surface area contributed by atoms with Gasteiger partial charge in [0.25, 0.3) is 0 Å². The maximum Gasteiger partial charge on any atom is 0.224 e. The topological polar surface area (TPSA) is 67.7 Å². The summed E-state index contributed by atoms with van der Waals surface area (Å²) in [5.41, 5.74) is 2.23. The van der Waals surface area contributed by atoms with Gasteiger partial charge in [-0.3, -0.25) is 4.68 Å². The van der Waals surface area contributed by atoms with E-state index in [1.807, 2.05) is 17.9 Å². The van der Waals surface area contributed by atoms with Gasteiger partial charge >= 0.3 is 0 Å². The third kappa shape index (κ3) is 4.07. The Hall–Kier alpha value is -1.82. The molecular weight excluding hydrogens is 288 g/mol. The smallest absolute Gasteiger partial charge is 0.224 e. The van der Waals surface area contributed by atoms with Crippen molar-refractivity contribution < 1.29 is 0 Å². The third-order valence-corrected chi connectivity index (χ3v) is 3.33. The van der Waals surface area contributed by atoms with Crippen LogP contribution >= 0.6 is 11.6 Å². The molecule has 0 amide bonds. The molecule has 21 heavy (non-hydrogen) atoms. The van der Waals surface area contributed by atoms with E-state index >= 15 is 0 Å². The number of halogens is 1. The monoisotopic (exact) mass is 308 g/mol. The van der Waals surface area contributed by atoms with Crippen LogP contribution in [0.25, 0.3) is 0 Å². The van der Waals surface area contributed by atoms with Crippen molar-refractivity contribution in [2.75, 3.05) is 17.2 Å². The Labute approximate surface area is 129 Å². The number of anilines is 2. The van der Waals surface area contributed by atoms with Crippen LogP contribution in [0.4, 0.5) is 11.8 Å². The Morgan fingerprint density at radius 3 is 2.81 bits per heavy atom. The number of nitrogens with zero attached hydrogens (tertiary/aromatic N) is 4. The molecule has 2 rings (SSSR count). The molecule has 0 aliphatic rings. The molecule has 0 aliphatic heterocycles. The summed E-state index contributed by atoms with van der Waals surface area (Å²) in [6, 6.07) is 0. The van der Waals surface area contributed by atoms with E-state index in [4.69, 9.17) is 11.6 Å². The van der Waals surface area contributed by atoms with Gasteiger partial charge in [-0.05, 0) is 12.8 Å². The summed E-state index contributed by atoms with van der Waals surface area (Å²) in [5.74, 6) is 1.22. The first-order valence-electron chi connectivity index (χ1n) is 7.15. The second-order valence-corrected chi connectivity index (χ2v) is 5.21. The first kappa shape index (κ1) is 15.6.